The summed E-state index contributed by atoms with van der Waals surface area (Å²) in [5, 5.41) is 1.21. The van der Waals surface area contributed by atoms with E-state index in [4.69, 9.17) is 16.3 Å². The van der Waals surface area contributed by atoms with E-state index in [0.717, 1.165) is 13.2 Å². The van der Waals surface area contributed by atoms with E-state index in [1.807, 2.05) is 6.07 Å². The summed E-state index contributed by atoms with van der Waals surface area (Å²) in [7, 11) is 0. The molecule has 0 N–H and O–H groups in total. The lowest BCUT2D eigenvalue weighted by Crippen LogP contribution is -2.24. The third kappa shape index (κ3) is 1.50. The first-order valence-corrected chi connectivity index (χ1v) is 8.05. The average molecular weight is 239 g/mol. The van der Waals surface area contributed by atoms with Crippen LogP contribution in [0.5, 0.6) is 0 Å². The van der Waals surface area contributed by atoms with Gasteiger partial charge in [-0.1, -0.05) is 30.3 Å². The standard InChI is InChI=1S/C11H14NOPS/c15-14(11-6-2-1-3-7-11)12-8-4-5-10(12)9-13-14/h1-3,6-7,10H,4-5,8-9H2/t10-,14+/m0/s1. The molecule has 1 aromatic rings. The van der Waals surface area contributed by atoms with Gasteiger partial charge in [0, 0.05) is 17.9 Å². The highest BCUT2D eigenvalue weighted by molar-refractivity contribution is 8.14. The predicted molar refractivity (Wildman–Crippen MR) is 66.0 cm³/mol. The molecule has 0 bridgehead atoms. The van der Waals surface area contributed by atoms with Gasteiger partial charge in [0.1, 0.15) is 0 Å². The number of nitrogens with zero attached hydrogens (tertiary/aromatic N) is 1. The highest BCUT2D eigenvalue weighted by Gasteiger charge is 2.43. The smallest absolute Gasteiger partial charge is 0.162 e. The highest BCUT2D eigenvalue weighted by atomic mass is 32.4. The van der Waals surface area contributed by atoms with Gasteiger partial charge in [-0.05, 0) is 24.6 Å². The van der Waals surface area contributed by atoms with E-state index in [2.05, 4.69) is 28.9 Å². The zero-order valence-electron chi connectivity index (χ0n) is 8.50. The van der Waals surface area contributed by atoms with Crippen LogP contribution in [0.1, 0.15) is 12.8 Å². The van der Waals surface area contributed by atoms with Crippen LogP contribution in [0.15, 0.2) is 30.3 Å². The summed E-state index contributed by atoms with van der Waals surface area (Å²) in [5.41, 5.74) is 0. The minimum atomic E-state index is -1.86. The summed E-state index contributed by atoms with van der Waals surface area (Å²) in [4.78, 5) is 0. The van der Waals surface area contributed by atoms with Crippen molar-refractivity contribution in [3.63, 3.8) is 0 Å². The number of hydrogen-bond donors (Lipinski definition) is 0. The largest absolute Gasteiger partial charge is 0.333 e. The number of benzene rings is 1. The third-order valence-corrected chi connectivity index (χ3v) is 7.44. The molecule has 0 amide bonds. The molecular formula is C11H14NOPS. The van der Waals surface area contributed by atoms with Crippen molar-refractivity contribution in [2.45, 2.75) is 18.9 Å². The van der Waals surface area contributed by atoms with Crippen molar-refractivity contribution in [3.05, 3.63) is 30.3 Å². The second-order valence-electron chi connectivity index (χ2n) is 4.11. The van der Waals surface area contributed by atoms with Crippen molar-refractivity contribution in [3.8, 4) is 0 Å². The fourth-order valence-corrected chi connectivity index (χ4v) is 6.16. The molecule has 80 valence electrons. The normalized spacial score (nSPS) is 35.6. The van der Waals surface area contributed by atoms with Crippen molar-refractivity contribution < 1.29 is 4.52 Å². The maximum absolute atomic E-state index is 5.95. The van der Waals surface area contributed by atoms with E-state index in [0.29, 0.717) is 6.04 Å². The van der Waals surface area contributed by atoms with Crippen molar-refractivity contribution >= 4 is 23.5 Å². The summed E-state index contributed by atoms with van der Waals surface area (Å²) < 4.78 is 8.39. The Morgan fingerprint density at radius 3 is 2.93 bits per heavy atom. The molecule has 0 aromatic heterocycles. The summed E-state index contributed by atoms with van der Waals surface area (Å²) in [6.07, 6.45) is 0.673. The van der Waals surface area contributed by atoms with Crippen molar-refractivity contribution in [2.75, 3.05) is 13.2 Å². The molecule has 0 saturated carbocycles. The van der Waals surface area contributed by atoms with Gasteiger partial charge in [0.05, 0.1) is 6.61 Å². The molecule has 2 heterocycles. The van der Waals surface area contributed by atoms with Crippen LogP contribution in [0, 0.1) is 0 Å². The Hall–Kier alpha value is -0.210. The summed E-state index contributed by atoms with van der Waals surface area (Å²) in [6, 6.07) is 11.0. The topological polar surface area (TPSA) is 12.5 Å². The van der Waals surface area contributed by atoms with E-state index in [1.54, 1.807) is 0 Å². The van der Waals surface area contributed by atoms with Gasteiger partial charge in [0.25, 0.3) is 0 Å². The van der Waals surface area contributed by atoms with Crippen LogP contribution in [0.3, 0.4) is 0 Å². The first-order valence-electron chi connectivity index (χ1n) is 5.38. The summed E-state index contributed by atoms with van der Waals surface area (Å²) >= 11 is 5.79. The van der Waals surface area contributed by atoms with Crippen LogP contribution in [0.2, 0.25) is 0 Å². The van der Waals surface area contributed by atoms with Crippen LogP contribution in [-0.4, -0.2) is 23.9 Å². The molecule has 15 heavy (non-hydrogen) atoms. The first-order chi connectivity index (χ1) is 7.31. The van der Waals surface area contributed by atoms with E-state index < -0.39 is 6.42 Å². The van der Waals surface area contributed by atoms with E-state index in [-0.39, 0.29) is 0 Å². The predicted octanol–water partition coefficient (Wildman–Crippen LogP) is 2.12. The molecular weight excluding hydrogens is 225 g/mol. The van der Waals surface area contributed by atoms with Crippen LogP contribution >= 0.6 is 6.42 Å². The van der Waals surface area contributed by atoms with Crippen molar-refractivity contribution in [1.29, 1.82) is 0 Å². The molecule has 0 unspecified atom stereocenters. The molecule has 2 fully saturated rings. The number of fused-ring (bicyclic) bond motifs is 1. The molecule has 2 nitrogen and oxygen atoms in total. The monoisotopic (exact) mass is 239 g/mol. The zero-order chi connectivity index (χ0) is 10.3. The minimum absolute atomic E-state index is 0.594. The quantitative estimate of drug-likeness (QED) is 0.696. The second-order valence-corrected chi connectivity index (χ2v) is 7.92. The van der Waals surface area contributed by atoms with Gasteiger partial charge in [-0.3, -0.25) is 0 Å². The molecule has 3 rings (SSSR count). The molecule has 2 aliphatic rings. The molecule has 4 heteroatoms. The molecule has 2 aliphatic heterocycles. The molecule has 2 atom stereocenters. The average Bonchev–Trinajstić information content (AvgIpc) is 2.85. The SMILES string of the molecule is S=[P@@]1(c2ccccc2)OC[C@@H]2CCCN21. The molecule has 0 radical (unpaired) electrons. The van der Waals surface area contributed by atoms with Crippen LogP contribution in [-0.2, 0) is 16.3 Å². The van der Waals surface area contributed by atoms with Crippen molar-refractivity contribution in [2.24, 2.45) is 0 Å². The Morgan fingerprint density at radius 1 is 1.33 bits per heavy atom. The van der Waals surface area contributed by atoms with Crippen molar-refractivity contribution in [1.82, 2.24) is 4.67 Å². The Labute approximate surface area is 95.4 Å². The van der Waals surface area contributed by atoms with Gasteiger partial charge in [0.15, 0.2) is 6.42 Å². The second kappa shape index (κ2) is 3.67. The molecule has 1 aromatic carbocycles. The Bertz CT molecular complexity index is 408. The zero-order valence-corrected chi connectivity index (χ0v) is 10.2. The van der Waals surface area contributed by atoms with E-state index in [9.17, 15) is 0 Å². The van der Waals surface area contributed by atoms with Gasteiger partial charge < -0.3 is 4.52 Å². The Morgan fingerprint density at radius 2 is 2.13 bits per heavy atom. The minimum Gasteiger partial charge on any atom is -0.333 e. The van der Waals surface area contributed by atoms with Crippen LogP contribution in [0.25, 0.3) is 0 Å². The maximum Gasteiger partial charge on any atom is 0.162 e. The van der Waals surface area contributed by atoms with E-state index >= 15 is 0 Å². The number of rotatable bonds is 1. The summed E-state index contributed by atoms with van der Waals surface area (Å²) in [5.74, 6) is 0. The van der Waals surface area contributed by atoms with E-state index in [1.165, 1.54) is 18.1 Å². The highest BCUT2D eigenvalue weighted by Crippen LogP contribution is 2.58. The number of hydrogen-bond acceptors (Lipinski definition) is 2. The maximum atomic E-state index is 5.95. The van der Waals surface area contributed by atoms with Gasteiger partial charge in [-0.2, -0.15) is 0 Å². The molecule has 0 aliphatic carbocycles. The summed E-state index contributed by atoms with van der Waals surface area (Å²) in [6.45, 7) is 1.96. The van der Waals surface area contributed by atoms with Gasteiger partial charge in [-0.15, -0.1) is 0 Å². The van der Waals surface area contributed by atoms with Gasteiger partial charge in [0.2, 0.25) is 0 Å². The lowest BCUT2D eigenvalue weighted by atomic mass is 10.2. The Balaban J connectivity index is 2.01. The lowest BCUT2D eigenvalue weighted by Gasteiger charge is -2.25. The first kappa shape index (κ1) is 9.98. The third-order valence-electron chi connectivity index (χ3n) is 3.21. The van der Waals surface area contributed by atoms with Gasteiger partial charge >= 0.3 is 0 Å². The van der Waals surface area contributed by atoms with Crippen LogP contribution in [0.4, 0.5) is 0 Å². The Kier molecular flexibility index (Phi) is 2.44. The lowest BCUT2D eigenvalue weighted by molar-refractivity contribution is 0.342. The van der Waals surface area contributed by atoms with Gasteiger partial charge in [-0.25, -0.2) is 4.67 Å². The fourth-order valence-electron chi connectivity index (χ4n) is 2.44. The fraction of sp³-hybridized carbons (Fsp3) is 0.455. The molecule has 2 saturated heterocycles. The molecule has 0 spiro atoms. The van der Waals surface area contributed by atoms with Crippen LogP contribution < -0.4 is 5.30 Å².